The van der Waals surface area contributed by atoms with E-state index in [1.807, 2.05) is 13.8 Å². The highest BCUT2D eigenvalue weighted by Crippen LogP contribution is 2.15. The molecule has 98 valence electrons. The predicted molar refractivity (Wildman–Crippen MR) is 66.5 cm³/mol. The molecular formula is C12H23N3O2. The lowest BCUT2D eigenvalue weighted by Gasteiger charge is -2.26. The summed E-state index contributed by atoms with van der Waals surface area (Å²) in [5.41, 5.74) is -0.447. The molecule has 0 aromatic rings. The summed E-state index contributed by atoms with van der Waals surface area (Å²) in [5, 5.41) is 8.83. The third kappa shape index (κ3) is 4.34. The maximum absolute atomic E-state index is 11.6. The fourth-order valence-corrected chi connectivity index (χ4v) is 1.97. The molecule has 1 atom stereocenters. The second-order valence-electron chi connectivity index (χ2n) is 5.24. The van der Waals surface area contributed by atoms with Crippen LogP contribution < -0.4 is 16.0 Å². The molecule has 1 aliphatic rings. The molecular weight excluding hydrogens is 218 g/mol. The summed E-state index contributed by atoms with van der Waals surface area (Å²) in [4.78, 5) is 23.0. The van der Waals surface area contributed by atoms with Crippen molar-refractivity contribution in [3.63, 3.8) is 0 Å². The van der Waals surface area contributed by atoms with Crippen LogP contribution >= 0.6 is 0 Å². The highest BCUT2D eigenvalue weighted by molar-refractivity contribution is 5.81. The minimum atomic E-state index is -0.447. The van der Waals surface area contributed by atoms with Crippen LogP contribution in [-0.4, -0.2) is 38.0 Å². The molecule has 2 amide bonds. The Balaban J connectivity index is 2.43. The third-order valence-electron chi connectivity index (χ3n) is 3.16. The van der Waals surface area contributed by atoms with Gasteiger partial charge in [0.15, 0.2) is 0 Å². The lowest BCUT2D eigenvalue weighted by Crippen LogP contribution is -2.45. The largest absolute Gasteiger partial charge is 0.359 e. The summed E-state index contributed by atoms with van der Waals surface area (Å²) >= 11 is 0. The van der Waals surface area contributed by atoms with Crippen molar-refractivity contribution in [2.45, 2.75) is 39.2 Å². The number of nitrogens with one attached hydrogen (secondary N) is 3. The number of hydrogen-bond acceptors (Lipinski definition) is 3. The van der Waals surface area contributed by atoms with E-state index in [0.717, 1.165) is 19.4 Å². The van der Waals surface area contributed by atoms with Gasteiger partial charge in [0.1, 0.15) is 0 Å². The molecule has 1 rings (SSSR count). The first kappa shape index (κ1) is 14.0. The summed E-state index contributed by atoms with van der Waals surface area (Å²) in [6.45, 7) is 5.14. The van der Waals surface area contributed by atoms with Crippen molar-refractivity contribution in [1.82, 2.24) is 16.0 Å². The van der Waals surface area contributed by atoms with Gasteiger partial charge in [0.25, 0.3) is 0 Å². The highest BCUT2D eigenvalue weighted by atomic mass is 16.2. The summed E-state index contributed by atoms with van der Waals surface area (Å²) in [6, 6.07) is 0.182. The molecule has 0 bridgehead atoms. The topological polar surface area (TPSA) is 70.2 Å². The van der Waals surface area contributed by atoms with Crippen LogP contribution in [0.4, 0.5) is 0 Å². The molecule has 1 saturated heterocycles. The number of carbonyl (C=O) groups is 2. The maximum Gasteiger partial charge on any atom is 0.226 e. The van der Waals surface area contributed by atoms with Gasteiger partial charge >= 0.3 is 0 Å². The predicted octanol–water partition coefficient (Wildman–Crippen LogP) is 0.0169. The fourth-order valence-electron chi connectivity index (χ4n) is 1.97. The Bertz CT molecular complexity index is 289. The minimum Gasteiger partial charge on any atom is -0.359 e. The van der Waals surface area contributed by atoms with Crippen molar-refractivity contribution >= 4 is 11.8 Å². The Morgan fingerprint density at radius 1 is 1.53 bits per heavy atom. The Labute approximate surface area is 103 Å². The molecule has 0 aromatic carbocycles. The molecule has 0 spiro atoms. The molecule has 3 N–H and O–H groups in total. The quantitative estimate of drug-likeness (QED) is 0.650. The maximum atomic E-state index is 11.6. The number of rotatable bonds is 4. The standard InChI is InChI=1S/C12H23N3O2/c1-12(2,11(17)13-3)8-15-9-5-4-6-14-10(16)7-9/h9,15H,4-8H2,1-3H3,(H,13,17)(H,14,16). The summed E-state index contributed by atoms with van der Waals surface area (Å²) < 4.78 is 0. The van der Waals surface area contributed by atoms with E-state index in [4.69, 9.17) is 0 Å². The first-order valence-corrected chi connectivity index (χ1v) is 6.18. The SMILES string of the molecule is CNC(=O)C(C)(C)CNC1CCCNC(=O)C1. The van der Waals surface area contributed by atoms with Gasteiger partial charge in [-0.1, -0.05) is 0 Å². The van der Waals surface area contributed by atoms with Crippen molar-refractivity contribution in [3.8, 4) is 0 Å². The van der Waals surface area contributed by atoms with Crippen molar-refractivity contribution in [1.29, 1.82) is 0 Å². The van der Waals surface area contributed by atoms with E-state index in [1.165, 1.54) is 0 Å². The van der Waals surface area contributed by atoms with Crippen LogP contribution in [0.3, 0.4) is 0 Å². The number of amides is 2. The molecule has 1 unspecified atom stereocenters. The number of carbonyl (C=O) groups excluding carboxylic acids is 2. The van der Waals surface area contributed by atoms with Crippen molar-refractivity contribution in [3.05, 3.63) is 0 Å². The summed E-state index contributed by atoms with van der Waals surface area (Å²) in [7, 11) is 1.64. The van der Waals surface area contributed by atoms with Gasteiger partial charge in [-0.05, 0) is 26.7 Å². The van der Waals surface area contributed by atoms with E-state index in [9.17, 15) is 9.59 Å². The van der Waals surface area contributed by atoms with Gasteiger partial charge in [-0.25, -0.2) is 0 Å². The molecule has 1 heterocycles. The number of hydrogen-bond donors (Lipinski definition) is 3. The van der Waals surface area contributed by atoms with Crippen molar-refractivity contribution in [2.75, 3.05) is 20.1 Å². The van der Waals surface area contributed by atoms with Crippen LogP contribution in [0.25, 0.3) is 0 Å². The minimum absolute atomic E-state index is 0.0167. The van der Waals surface area contributed by atoms with Crippen molar-refractivity contribution in [2.24, 2.45) is 5.41 Å². The van der Waals surface area contributed by atoms with E-state index in [2.05, 4.69) is 16.0 Å². The lowest BCUT2D eigenvalue weighted by molar-refractivity contribution is -0.128. The Morgan fingerprint density at radius 2 is 2.24 bits per heavy atom. The van der Waals surface area contributed by atoms with Crippen LogP contribution in [0, 0.1) is 5.41 Å². The van der Waals surface area contributed by atoms with Crippen molar-refractivity contribution < 1.29 is 9.59 Å². The Morgan fingerprint density at radius 3 is 2.88 bits per heavy atom. The van der Waals surface area contributed by atoms with E-state index in [0.29, 0.717) is 13.0 Å². The van der Waals surface area contributed by atoms with Gasteiger partial charge < -0.3 is 16.0 Å². The second-order valence-corrected chi connectivity index (χ2v) is 5.24. The molecule has 0 saturated carbocycles. The van der Waals surface area contributed by atoms with E-state index < -0.39 is 5.41 Å². The molecule has 5 heteroatoms. The molecule has 0 aliphatic carbocycles. The smallest absolute Gasteiger partial charge is 0.226 e. The zero-order valence-electron chi connectivity index (χ0n) is 10.9. The highest BCUT2D eigenvalue weighted by Gasteiger charge is 2.28. The molecule has 1 aliphatic heterocycles. The first-order valence-electron chi connectivity index (χ1n) is 6.18. The van der Waals surface area contributed by atoms with Gasteiger partial charge in [-0.2, -0.15) is 0 Å². The van der Waals surface area contributed by atoms with Gasteiger partial charge in [0, 0.05) is 32.6 Å². The zero-order chi connectivity index (χ0) is 12.9. The van der Waals surface area contributed by atoms with Crippen LogP contribution in [0.2, 0.25) is 0 Å². The summed E-state index contributed by atoms with van der Waals surface area (Å²) in [5.74, 6) is 0.112. The van der Waals surface area contributed by atoms with E-state index >= 15 is 0 Å². The molecule has 0 aromatic heterocycles. The normalized spacial score (nSPS) is 21.6. The van der Waals surface area contributed by atoms with Gasteiger partial charge in [0.2, 0.25) is 11.8 Å². The molecule has 5 nitrogen and oxygen atoms in total. The first-order chi connectivity index (χ1) is 7.95. The van der Waals surface area contributed by atoms with E-state index in [-0.39, 0.29) is 17.9 Å². The average molecular weight is 241 g/mol. The third-order valence-corrected chi connectivity index (χ3v) is 3.16. The Hall–Kier alpha value is -1.10. The van der Waals surface area contributed by atoms with Gasteiger partial charge in [-0.3, -0.25) is 9.59 Å². The molecule has 17 heavy (non-hydrogen) atoms. The van der Waals surface area contributed by atoms with Gasteiger partial charge in [0.05, 0.1) is 5.41 Å². The second kappa shape index (κ2) is 6.00. The zero-order valence-corrected chi connectivity index (χ0v) is 10.9. The molecule has 0 radical (unpaired) electrons. The fraction of sp³-hybridized carbons (Fsp3) is 0.833. The van der Waals surface area contributed by atoms with E-state index in [1.54, 1.807) is 7.05 Å². The Kier molecular flexibility index (Phi) is 4.93. The van der Waals surface area contributed by atoms with Crippen LogP contribution in [0.5, 0.6) is 0 Å². The van der Waals surface area contributed by atoms with Crippen LogP contribution in [-0.2, 0) is 9.59 Å². The summed E-state index contributed by atoms with van der Waals surface area (Å²) in [6.07, 6.45) is 2.47. The molecule has 1 fully saturated rings. The van der Waals surface area contributed by atoms with Crippen LogP contribution in [0.1, 0.15) is 33.1 Å². The lowest BCUT2D eigenvalue weighted by atomic mass is 9.91. The monoisotopic (exact) mass is 241 g/mol. The van der Waals surface area contributed by atoms with Gasteiger partial charge in [-0.15, -0.1) is 0 Å². The average Bonchev–Trinajstić information content (AvgIpc) is 2.50. The van der Waals surface area contributed by atoms with Crippen LogP contribution in [0.15, 0.2) is 0 Å².